The Kier molecular flexibility index (Phi) is 3.83. The lowest BCUT2D eigenvalue weighted by Gasteiger charge is -2.07. The number of aromatic nitrogens is 4. The topological polar surface area (TPSA) is 55.4 Å². The monoisotopic (exact) mass is 351 g/mol. The fraction of sp³-hybridized carbons (Fsp3) is 0.0909. The maximum atomic E-state index is 4.79. The zero-order valence-corrected chi connectivity index (χ0v) is 14.7. The average molecular weight is 351 g/mol. The Hall–Kier alpha value is -3.60. The third-order valence-corrected chi connectivity index (χ3v) is 4.61. The molecule has 4 aromatic rings. The van der Waals surface area contributed by atoms with Gasteiger partial charge in [0.05, 0.1) is 16.9 Å². The molecule has 5 heteroatoms. The maximum Gasteiger partial charge on any atom is 0.175 e. The molecule has 5 rings (SSSR count). The first-order valence-corrected chi connectivity index (χ1v) is 8.98. The molecule has 0 spiro atoms. The lowest BCUT2D eigenvalue weighted by Crippen LogP contribution is -1.94. The fourth-order valence-corrected chi connectivity index (χ4v) is 3.28. The van der Waals surface area contributed by atoms with Gasteiger partial charge in [0.2, 0.25) is 0 Å². The normalized spacial score (nSPS) is 17.4. The Bertz CT molecular complexity index is 1230. The first-order chi connectivity index (χ1) is 13.4. The molecule has 0 bridgehead atoms. The van der Waals surface area contributed by atoms with Gasteiger partial charge in [-0.3, -0.25) is 4.98 Å². The summed E-state index contributed by atoms with van der Waals surface area (Å²) in [4.78, 5) is 13.8. The van der Waals surface area contributed by atoms with Crippen LogP contribution in [0.3, 0.4) is 0 Å². The minimum Gasteiger partial charge on any atom is -0.256 e. The Balaban J connectivity index is 1.53. The van der Waals surface area contributed by atoms with Gasteiger partial charge >= 0.3 is 0 Å². The van der Waals surface area contributed by atoms with E-state index in [1.165, 1.54) is 5.56 Å². The molecule has 130 valence electrons. The van der Waals surface area contributed by atoms with Crippen LogP contribution in [0.5, 0.6) is 0 Å². The summed E-state index contributed by atoms with van der Waals surface area (Å²) in [5.41, 5.74) is 4.92. The summed E-state index contributed by atoms with van der Waals surface area (Å²) in [6.07, 6.45) is 13.8. The molecule has 0 saturated heterocycles. The Labute approximate surface area is 156 Å². The molecule has 3 aromatic heterocycles. The second-order valence-corrected chi connectivity index (χ2v) is 6.43. The summed E-state index contributed by atoms with van der Waals surface area (Å²) in [5, 5.41) is 5.54. The number of rotatable bonds is 2. The van der Waals surface area contributed by atoms with E-state index in [9.17, 15) is 0 Å². The van der Waals surface area contributed by atoms with Crippen molar-refractivity contribution in [3.05, 3.63) is 84.5 Å². The van der Waals surface area contributed by atoms with Gasteiger partial charge in [0, 0.05) is 17.8 Å². The molecular weight excluding hydrogens is 334 g/mol. The number of hydrogen-bond donors (Lipinski definition) is 0. The number of hydrogen-bond acceptors (Lipinski definition) is 4. The van der Waals surface area contributed by atoms with E-state index in [1.54, 1.807) is 10.7 Å². The molecule has 0 amide bonds. The second-order valence-electron chi connectivity index (χ2n) is 6.43. The highest BCUT2D eigenvalue weighted by molar-refractivity contribution is 6.07. The average Bonchev–Trinajstić information content (AvgIpc) is 3.11. The van der Waals surface area contributed by atoms with Crippen molar-refractivity contribution in [1.82, 2.24) is 19.6 Å². The molecule has 1 aromatic carbocycles. The smallest absolute Gasteiger partial charge is 0.175 e. The number of allylic oxidation sites excluding steroid dienone is 3. The van der Waals surface area contributed by atoms with Crippen LogP contribution < -0.4 is 0 Å². The zero-order chi connectivity index (χ0) is 18.1. The quantitative estimate of drug-likeness (QED) is 0.532. The predicted molar refractivity (Wildman–Crippen MR) is 108 cm³/mol. The third-order valence-electron chi connectivity index (χ3n) is 4.61. The van der Waals surface area contributed by atoms with Crippen LogP contribution in [-0.4, -0.2) is 25.3 Å². The van der Waals surface area contributed by atoms with Crippen molar-refractivity contribution in [2.24, 2.45) is 4.99 Å². The second kappa shape index (κ2) is 6.61. The first kappa shape index (κ1) is 15.6. The van der Waals surface area contributed by atoms with Gasteiger partial charge in [0.25, 0.3) is 0 Å². The van der Waals surface area contributed by atoms with Crippen molar-refractivity contribution in [2.45, 2.75) is 12.8 Å². The molecule has 4 heterocycles. The van der Waals surface area contributed by atoms with E-state index in [2.05, 4.69) is 45.4 Å². The highest BCUT2D eigenvalue weighted by Crippen LogP contribution is 2.23. The van der Waals surface area contributed by atoms with Gasteiger partial charge in [-0.15, -0.1) is 5.10 Å². The van der Waals surface area contributed by atoms with Crippen molar-refractivity contribution >= 4 is 34.0 Å². The van der Waals surface area contributed by atoms with Crippen molar-refractivity contribution in [3.8, 4) is 0 Å². The van der Waals surface area contributed by atoms with Crippen LogP contribution in [-0.2, 0) is 6.42 Å². The number of para-hydroxylation sites is 1. The third kappa shape index (κ3) is 3.04. The summed E-state index contributed by atoms with van der Waals surface area (Å²) < 4.78 is 1.79. The number of pyridine rings is 2. The van der Waals surface area contributed by atoms with Crippen molar-refractivity contribution in [3.63, 3.8) is 0 Å². The fourth-order valence-electron chi connectivity index (χ4n) is 3.28. The highest BCUT2D eigenvalue weighted by atomic mass is 15.3. The molecule has 0 radical (unpaired) electrons. The van der Waals surface area contributed by atoms with Gasteiger partial charge in [-0.25, -0.2) is 14.5 Å². The van der Waals surface area contributed by atoms with Gasteiger partial charge in [0.1, 0.15) is 0 Å². The number of fused-ring (bicyclic) bond motifs is 4. The van der Waals surface area contributed by atoms with E-state index in [0.29, 0.717) is 5.82 Å². The Morgan fingerprint density at radius 1 is 1.00 bits per heavy atom. The van der Waals surface area contributed by atoms with Crippen LogP contribution in [0.2, 0.25) is 0 Å². The van der Waals surface area contributed by atoms with E-state index >= 15 is 0 Å². The minimum absolute atomic E-state index is 0.651. The predicted octanol–water partition coefficient (Wildman–Crippen LogP) is 4.57. The summed E-state index contributed by atoms with van der Waals surface area (Å²) in [5.74, 6) is 0.651. The summed E-state index contributed by atoms with van der Waals surface area (Å²) in [6, 6.07) is 14.2. The van der Waals surface area contributed by atoms with Crippen LogP contribution in [0.25, 0.3) is 22.6 Å². The molecule has 0 unspecified atom stereocenters. The molecule has 27 heavy (non-hydrogen) atoms. The van der Waals surface area contributed by atoms with Crippen LogP contribution in [0.4, 0.5) is 5.69 Å². The molecular formula is C22H17N5. The lowest BCUT2D eigenvalue weighted by atomic mass is 10.1. The van der Waals surface area contributed by atoms with E-state index in [4.69, 9.17) is 4.99 Å². The highest BCUT2D eigenvalue weighted by Gasteiger charge is 2.07. The number of benzene rings is 1. The van der Waals surface area contributed by atoms with Gasteiger partial charge in [-0.05, 0) is 60.9 Å². The molecule has 0 fully saturated rings. The van der Waals surface area contributed by atoms with Crippen LogP contribution in [0.15, 0.2) is 78.1 Å². The molecule has 0 saturated carbocycles. The molecule has 1 aliphatic rings. The van der Waals surface area contributed by atoms with Crippen molar-refractivity contribution in [2.75, 3.05) is 0 Å². The summed E-state index contributed by atoms with van der Waals surface area (Å²) in [6.45, 7) is 0. The lowest BCUT2D eigenvalue weighted by molar-refractivity contribution is 0.957. The maximum absolute atomic E-state index is 4.79. The largest absolute Gasteiger partial charge is 0.256 e. The van der Waals surface area contributed by atoms with E-state index in [-0.39, 0.29) is 0 Å². The molecule has 5 nitrogen and oxygen atoms in total. The van der Waals surface area contributed by atoms with Crippen molar-refractivity contribution in [1.29, 1.82) is 0 Å². The van der Waals surface area contributed by atoms with E-state index in [0.717, 1.165) is 40.8 Å². The van der Waals surface area contributed by atoms with Gasteiger partial charge in [-0.2, -0.15) is 0 Å². The number of nitrogens with zero attached hydrogens (tertiary/aromatic N) is 5. The van der Waals surface area contributed by atoms with E-state index in [1.807, 2.05) is 42.6 Å². The van der Waals surface area contributed by atoms with Crippen molar-refractivity contribution < 1.29 is 0 Å². The number of aliphatic imine (C=N–C) groups is 1. The first-order valence-electron chi connectivity index (χ1n) is 8.98. The summed E-state index contributed by atoms with van der Waals surface area (Å²) >= 11 is 0. The molecule has 0 N–H and O–H groups in total. The van der Waals surface area contributed by atoms with Crippen LogP contribution in [0, 0.1) is 0 Å². The zero-order valence-electron chi connectivity index (χ0n) is 14.7. The van der Waals surface area contributed by atoms with Gasteiger partial charge in [0.15, 0.2) is 11.5 Å². The Morgan fingerprint density at radius 2 is 1.96 bits per heavy atom. The SMILES string of the molecule is C1=C/C(/C=C/c2nc3c4cccnc4ccn3n2)=N\c2ccccc2CC\1. The van der Waals surface area contributed by atoms with Gasteiger partial charge < -0.3 is 0 Å². The van der Waals surface area contributed by atoms with Gasteiger partial charge in [-0.1, -0.05) is 24.3 Å². The molecule has 0 atom stereocenters. The summed E-state index contributed by atoms with van der Waals surface area (Å²) in [7, 11) is 0. The molecule has 0 aliphatic carbocycles. The van der Waals surface area contributed by atoms with E-state index < -0.39 is 0 Å². The van der Waals surface area contributed by atoms with Crippen LogP contribution >= 0.6 is 0 Å². The van der Waals surface area contributed by atoms with Crippen LogP contribution in [0.1, 0.15) is 17.8 Å². The molecule has 1 aliphatic heterocycles. The number of aryl methyl sites for hydroxylation is 1. The Morgan fingerprint density at radius 3 is 2.96 bits per heavy atom. The minimum atomic E-state index is 0.651. The standard InChI is InChI=1S/C22H17N5/c1-3-8-17(24-19-10-4-2-7-16(19)6-1)11-12-21-25-22-18-9-5-14-23-20(18)13-15-27(22)26-21/h2-5,7-15H,1,6H2/b8-3-,12-11+,24-17+.